The summed E-state index contributed by atoms with van der Waals surface area (Å²) in [7, 11) is 1.68. The SMILES string of the molecule is CN(Cc1ccc(Br)o1)C(=O)c1cnccc1Cl. The molecule has 18 heavy (non-hydrogen) atoms. The Morgan fingerprint density at radius 3 is 2.89 bits per heavy atom. The van der Waals surface area contributed by atoms with Gasteiger partial charge in [0, 0.05) is 19.4 Å². The zero-order valence-corrected chi connectivity index (χ0v) is 11.9. The average Bonchev–Trinajstić information content (AvgIpc) is 2.74. The molecule has 2 aromatic heterocycles. The molecule has 0 aromatic carbocycles. The summed E-state index contributed by atoms with van der Waals surface area (Å²) in [5.74, 6) is 0.498. The van der Waals surface area contributed by atoms with Crippen LogP contribution < -0.4 is 0 Å². The first-order valence-electron chi connectivity index (χ1n) is 5.17. The second-order valence-corrected chi connectivity index (χ2v) is 4.91. The second-order valence-electron chi connectivity index (χ2n) is 3.72. The van der Waals surface area contributed by atoms with Crippen LogP contribution >= 0.6 is 27.5 Å². The molecule has 0 saturated heterocycles. The zero-order valence-electron chi connectivity index (χ0n) is 9.56. The summed E-state index contributed by atoms with van der Waals surface area (Å²) in [5.41, 5.74) is 0.382. The van der Waals surface area contributed by atoms with Crippen LogP contribution in [0, 0.1) is 0 Å². The zero-order chi connectivity index (χ0) is 13.1. The fraction of sp³-hybridized carbons (Fsp3) is 0.167. The number of amides is 1. The van der Waals surface area contributed by atoms with Crippen molar-refractivity contribution in [2.24, 2.45) is 0 Å². The standard InChI is InChI=1S/C12H10BrClN2O2/c1-16(7-8-2-3-11(13)18-8)12(17)9-6-15-5-4-10(9)14/h2-6H,7H2,1H3. The highest BCUT2D eigenvalue weighted by molar-refractivity contribution is 9.10. The van der Waals surface area contributed by atoms with Crippen molar-refractivity contribution in [3.8, 4) is 0 Å². The molecular weight excluding hydrogens is 320 g/mol. The van der Waals surface area contributed by atoms with Crippen LogP contribution in [0.3, 0.4) is 0 Å². The fourth-order valence-corrected chi connectivity index (χ4v) is 2.01. The van der Waals surface area contributed by atoms with Gasteiger partial charge >= 0.3 is 0 Å². The van der Waals surface area contributed by atoms with Gasteiger partial charge in [0.15, 0.2) is 4.67 Å². The van der Waals surface area contributed by atoms with Gasteiger partial charge < -0.3 is 9.32 Å². The van der Waals surface area contributed by atoms with E-state index in [0.29, 0.717) is 27.6 Å². The number of pyridine rings is 1. The van der Waals surface area contributed by atoms with E-state index in [1.54, 1.807) is 31.4 Å². The predicted molar refractivity (Wildman–Crippen MR) is 71.5 cm³/mol. The summed E-state index contributed by atoms with van der Waals surface area (Å²) in [6, 6.07) is 5.18. The molecule has 0 fully saturated rings. The Morgan fingerprint density at radius 2 is 2.28 bits per heavy atom. The van der Waals surface area contributed by atoms with Crippen LogP contribution in [0.5, 0.6) is 0 Å². The van der Waals surface area contributed by atoms with Crippen molar-refractivity contribution >= 4 is 33.4 Å². The lowest BCUT2D eigenvalue weighted by atomic mass is 10.2. The van der Waals surface area contributed by atoms with Gasteiger partial charge in [-0.05, 0) is 34.1 Å². The first kappa shape index (κ1) is 13.1. The third-order valence-corrected chi connectivity index (χ3v) is 3.12. The summed E-state index contributed by atoms with van der Waals surface area (Å²) in [4.78, 5) is 17.5. The van der Waals surface area contributed by atoms with Crippen molar-refractivity contribution in [3.05, 3.63) is 51.6 Å². The van der Waals surface area contributed by atoms with Crippen molar-refractivity contribution < 1.29 is 9.21 Å². The number of furan rings is 1. The van der Waals surface area contributed by atoms with Gasteiger partial charge in [0.05, 0.1) is 17.1 Å². The summed E-state index contributed by atoms with van der Waals surface area (Å²) in [6.45, 7) is 0.371. The van der Waals surface area contributed by atoms with E-state index in [2.05, 4.69) is 20.9 Å². The molecule has 0 aliphatic heterocycles. The molecule has 0 unspecified atom stereocenters. The van der Waals surface area contributed by atoms with E-state index in [1.807, 2.05) is 0 Å². The third kappa shape index (κ3) is 2.91. The van der Waals surface area contributed by atoms with Crippen molar-refractivity contribution in [2.75, 3.05) is 7.05 Å². The minimum absolute atomic E-state index is 0.194. The Hall–Kier alpha value is -1.33. The lowest BCUT2D eigenvalue weighted by Crippen LogP contribution is -2.26. The van der Waals surface area contributed by atoms with E-state index in [-0.39, 0.29) is 5.91 Å². The number of aromatic nitrogens is 1. The molecule has 2 aromatic rings. The fourth-order valence-electron chi connectivity index (χ4n) is 1.48. The molecule has 6 heteroatoms. The number of hydrogen-bond acceptors (Lipinski definition) is 3. The molecule has 0 atom stereocenters. The predicted octanol–water partition coefficient (Wildman–Crippen LogP) is 3.36. The minimum Gasteiger partial charge on any atom is -0.452 e. The van der Waals surface area contributed by atoms with Crippen molar-refractivity contribution in [1.82, 2.24) is 9.88 Å². The third-order valence-electron chi connectivity index (χ3n) is 2.37. The van der Waals surface area contributed by atoms with Crippen molar-refractivity contribution in [3.63, 3.8) is 0 Å². The monoisotopic (exact) mass is 328 g/mol. The number of carbonyl (C=O) groups is 1. The van der Waals surface area contributed by atoms with Crippen LogP contribution in [-0.2, 0) is 6.54 Å². The van der Waals surface area contributed by atoms with Crippen molar-refractivity contribution in [1.29, 1.82) is 0 Å². The molecule has 0 aliphatic carbocycles. The number of hydrogen-bond donors (Lipinski definition) is 0. The van der Waals surface area contributed by atoms with E-state index in [0.717, 1.165) is 0 Å². The van der Waals surface area contributed by atoms with Crippen LogP contribution in [0.4, 0.5) is 0 Å². The first-order valence-corrected chi connectivity index (χ1v) is 6.34. The molecular formula is C12H10BrClN2O2. The average molecular weight is 330 g/mol. The number of nitrogens with zero attached hydrogens (tertiary/aromatic N) is 2. The maximum absolute atomic E-state index is 12.1. The molecule has 0 aliphatic rings. The van der Waals surface area contributed by atoms with Crippen LogP contribution in [-0.4, -0.2) is 22.8 Å². The Bertz CT molecular complexity index is 571. The highest BCUT2D eigenvalue weighted by Crippen LogP contribution is 2.18. The van der Waals surface area contributed by atoms with Crippen LogP contribution in [0.2, 0.25) is 5.02 Å². The number of halogens is 2. The van der Waals surface area contributed by atoms with Gasteiger partial charge in [0.2, 0.25) is 0 Å². The summed E-state index contributed by atoms with van der Waals surface area (Å²) in [5, 5.41) is 0.391. The van der Waals surface area contributed by atoms with Gasteiger partial charge in [-0.1, -0.05) is 11.6 Å². The topological polar surface area (TPSA) is 46.3 Å². The van der Waals surface area contributed by atoms with Gasteiger partial charge in [-0.2, -0.15) is 0 Å². The van der Waals surface area contributed by atoms with E-state index in [4.69, 9.17) is 16.0 Å². The molecule has 94 valence electrons. The second kappa shape index (κ2) is 5.54. The summed E-state index contributed by atoms with van der Waals surface area (Å²) >= 11 is 9.17. The highest BCUT2D eigenvalue weighted by atomic mass is 79.9. The molecule has 0 N–H and O–H groups in total. The van der Waals surface area contributed by atoms with Gasteiger partial charge in [-0.15, -0.1) is 0 Å². The number of carbonyl (C=O) groups excluding carboxylic acids is 1. The van der Waals surface area contributed by atoms with E-state index in [9.17, 15) is 4.79 Å². The Morgan fingerprint density at radius 1 is 1.50 bits per heavy atom. The molecule has 4 nitrogen and oxygen atoms in total. The molecule has 1 amide bonds. The lowest BCUT2D eigenvalue weighted by molar-refractivity contribution is 0.0775. The highest BCUT2D eigenvalue weighted by Gasteiger charge is 2.16. The molecule has 0 saturated carbocycles. The van der Waals surface area contributed by atoms with Gasteiger partial charge in [-0.25, -0.2) is 0 Å². The van der Waals surface area contributed by atoms with Crippen LogP contribution in [0.15, 0.2) is 39.7 Å². The van der Waals surface area contributed by atoms with Crippen LogP contribution in [0.1, 0.15) is 16.1 Å². The Balaban J connectivity index is 2.12. The van der Waals surface area contributed by atoms with Crippen molar-refractivity contribution in [2.45, 2.75) is 6.54 Å². The maximum Gasteiger partial charge on any atom is 0.257 e. The summed E-state index contributed by atoms with van der Waals surface area (Å²) in [6.07, 6.45) is 3.00. The first-order chi connectivity index (χ1) is 8.58. The normalized spacial score (nSPS) is 10.4. The minimum atomic E-state index is -0.194. The van der Waals surface area contributed by atoms with E-state index >= 15 is 0 Å². The van der Waals surface area contributed by atoms with Gasteiger partial charge in [0.1, 0.15) is 5.76 Å². The largest absolute Gasteiger partial charge is 0.452 e. The molecule has 0 radical (unpaired) electrons. The molecule has 0 bridgehead atoms. The molecule has 0 spiro atoms. The van der Waals surface area contributed by atoms with Crippen LogP contribution in [0.25, 0.3) is 0 Å². The smallest absolute Gasteiger partial charge is 0.257 e. The van der Waals surface area contributed by atoms with Gasteiger partial charge in [0.25, 0.3) is 5.91 Å². The molecule has 2 heterocycles. The molecule has 2 rings (SSSR count). The van der Waals surface area contributed by atoms with Gasteiger partial charge in [-0.3, -0.25) is 9.78 Å². The Labute approximate surface area is 118 Å². The lowest BCUT2D eigenvalue weighted by Gasteiger charge is -2.16. The summed E-state index contributed by atoms with van der Waals surface area (Å²) < 4.78 is 5.98. The Kier molecular flexibility index (Phi) is 4.04. The quantitative estimate of drug-likeness (QED) is 0.867. The maximum atomic E-state index is 12.1. The number of rotatable bonds is 3. The van der Waals surface area contributed by atoms with E-state index in [1.165, 1.54) is 11.1 Å². The van der Waals surface area contributed by atoms with E-state index < -0.39 is 0 Å².